The van der Waals surface area contributed by atoms with Gasteiger partial charge >= 0.3 is 7.32 Å². The first-order valence-electron chi connectivity index (χ1n) is 9.45. The number of hydrogen-bond acceptors (Lipinski definition) is 4. The topological polar surface area (TPSA) is 80.9 Å². The Morgan fingerprint density at radius 1 is 0.609 bits per heavy atom. The van der Waals surface area contributed by atoms with Gasteiger partial charge in [0.05, 0.1) is 0 Å². The van der Waals surface area contributed by atoms with Crippen LogP contribution in [0.4, 0.5) is 0 Å². The van der Waals surface area contributed by atoms with Crippen LogP contribution in [0.3, 0.4) is 0 Å². The van der Waals surface area contributed by atoms with Crippen LogP contribution in [-0.4, -0.2) is 34.1 Å². The van der Waals surface area contributed by atoms with E-state index in [1.807, 2.05) is 0 Å². The Hall–Kier alpha value is -0.355. The Labute approximate surface area is 143 Å². The van der Waals surface area contributed by atoms with E-state index in [1.54, 1.807) is 0 Å². The van der Waals surface area contributed by atoms with Gasteiger partial charge in [0.2, 0.25) is 0 Å². The molecule has 0 amide bonds. The summed E-state index contributed by atoms with van der Waals surface area (Å²) in [5.41, 5.74) is 0. The summed E-state index contributed by atoms with van der Waals surface area (Å²) in [6.45, 7) is 2.64. The Kier molecular flexibility index (Phi) is 25.9. The van der Waals surface area contributed by atoms with E-state index < -0.39 is 7.32 Å². The average Bonchev–Trinajstić information content (AvgIpc) is 2.50. The number of hydrogen-bond donors (Lipinski definition) is 4. The SMILES string of the molecule is CCCCCCCCC=CCCCCCCCCO.OB(O)O. The van der Waals surface area contributed by atoms with Gasteiger partial charge < -0.3 is 20.2 Å². The van der Waals surface area contributed by atoms with Crippen molar-refractivity contribution in [2.24, 2.45) is 0 Å². The van der Waals surface area contributed by atoms with Crippen molar-refractivity contribution in [1.82, 2.24) is 0 Å². The van der Waals surface area contributed by atoms with Crippen LogP contribution in [0.15, 0.2) is 12.2 Å². The fraction of sp³-hybridized carbons (Fsp3) is 0.889. The van der Waals surface area contributed by atoms with Gasteiger partial charge in [-0.2, -0.15) is 0 Å². The fourth-order valence-corrected chi connectivity index (χ4v) is 2.36. The zero-order chi connectivity index (χ0) is 17.6. The van der Waals surface area contributed by atoms with Crippen LogP contribution in [0.5, 0.6) is 0 Å². The van der Waals surface area contributed by atoms with Gasteiger partial charge in [0.15, 0.2) is 0 Å². The molecule has 0 aliphatic rings. The lowest BCUT2D eigenvalue weighted by Crippen LogP contribution is -2.07. The summed E-state index contributed by atoms with van der Waals surface area (Å²) in [5.74, 6) is 0. The minimum absolute atomic E-state index is 0.362. The lowest BCUT2D eigenvalue weighted by atomic mass is 10.1. The molecule has 0 radical (unpaired) electrons. The highest BCUT2D eigenvalue weighted by atomic mass is 16.5. The minimum atomic E-state index is -2.17. The highest BCUT2D eigenvalue weighted by Gasteiger charge is 1.92. The van der Waals surface area contributed by atoms with E-state index in [-0.39, 0.29) is 0 Å². The maximum Gasteiger partial charge on any atom is 0.631 e. The molecule has 0 aromatic rings. The molecule has 0 spiro atoms. The average molecular weight is 330 g/mol. The quantitative estimate of drug-likeness (QED) is 0.208. The molecule has 5 heteroatoms. The normalized spacial score (nSPS) is 10.7. The fourth-order valence-electron chi connectivity index (χ4n) is 2.36. The zero-order valence-corrected chi connectivity index (χ0v) is 15.1. The van der Waals surface area contributed by atoms with Crippen molar-refractivity contribution in [1.29, 1.82) is 0 Å². The van der Waals surface area contributed by atoms with E-state index in [0.717, 1.165) is 6.42 Å². The largest absolute Gasteiger partial charge is 0.631 e. The van der Waals surface area contributed by atoms with Crippen LogP contribution in [0.1, 0.15) is 96.8 Å². The first-order valence-corrected chi connectivity index (χ1v) is 9.45. The summed E-state index contributed by atoms with van der Waals surface area (Å²) in [5, 5.41) is 30.2. The summed E-state index contributed by atoms with van der Waals surface area (Å²) in [4.78, 5) is 0. The molecule has 0 aromatic carbocycles. The molecule has 0 heterocycles. The lowest BCUT2D eigenvalue weighted by Gasteiger charge is -1.99. The highest BCUT2D eigenvalue weighted by molar-refractivity contribution is 6.30. The molecule has 0 fully saturated rings. The van der Waals surface area contributed by atoms with Gasteiger partial charge in [0, 0.05) is 6.61 Å². The second kappa shape index (κ2) is 23.9. The van der Waals surface area contributed by atoms with Crippen LogP contribution < -0.4 is 0 Å². The van der Waals surface area contributed by atoms with Crippen molar-refractivity contribution in [2.45, 2.75) is 96.8 Å². The van der Waals surface area contributed by atoms with Crippen molar-refractivity contribution < 1.29 is 20.2 Å². The molecular formula is C18H39BO4. The van der Waals surface area contributed by atoms with Crippen LogP contribution in [-0.2, 0) is 0 Å². The first kappa shape index (κ1) is 24.9. The van der Waals surface area contributed by atoms with Crippen molar-refractivity contribution in [2.75, 3.05) is 6.61 Å². The first-order chi connectivity index (χ1) is 11.1. The molecule has 0 unspecified atom stereocenters. The van der Waals surface area contributed by atoms with E-state index >= 15 is 0 Å². The molecule has 23 heavy (non-hydrogen) atoms. The molecule has 0 aliphatic carbocycles. The second-order valence-electron chi connectivity index (χ2n) is 6.01. The van der Waals surface area contributed by atoms with Crippen LogP contribution in [0.2, 0.25) is 0 Å². The smallest absolute Gasteiger partial charge is 0.402 e. The molecule has 4 nitrogen and oxygen atoms in total. The Morgan fingerprint density at radius 2 is 0.957 bits per heavy atom. The van der Waals surface area contributed by atoms with E-state index in [2.05, 4.69) is 19.1 Å². The molecule has 138 valence electrons. The number of allylic oxidation sites excluding steroid dienone is 2. The predicted octanol–water partition coefficient (Wildman–Crippen LogP) is 3.96. The lowest BCUT2D eigenvalue weighted by molar-refractivity contribution is 0.278. The molecular weight excluding hydrogens is 291 g/mol. The van der Waals surface area contributed by atoms with Crippen LogP contribution >= 0.6 is 0 Å². The van der Waals surface area contributed by atoms with Gasteiger partial charge in [-0.3, -0.25) is 0 Å². The Morgan fingerprint density at radius 3 is 1.35 bits per heavy atom. The van der Waals surface area contributed by atoms with E-state index in [9.17, 15) is 0 Å². The standard InChI is InChI=1S/C18H36O.BH3O3/c1-2-3-4-5-6-7-8-9-10-11-12-13-14-15-16-17-18-19;2-1(3)4/h9-10,19H,2-8,11-18H2,1H3;2-4H. The van der Waals surface area contributed by atoms with Crippen LogP contribution in [0.25, 0.3) is 0 Å². The second-order valence-corrected chi connectivity index (χ2v) is 6.01. The molecule has 0 rings (SSSR count). The third-order valence-electron chi connectivity index (χ3n) is 3.67. The monoisotopic (exact) mass is 330 g/mol. The molecule has 0 saturated heterocycles. The number of aliphatic hydroxyl groups excluding tert-OH is 1. The maximum absolute atomic E-state index is 8.66. The third-order valence-corrected chi connectivity index (χ3v) is 3.67. The van der Waals surface area contributed by atoms with Crippen molar-refractivity contribution >= 4 is 7.32 Å². The Balaban J connectivity index is 0. The third kappa shape index (κ3) is 34.1. The predicted molar refractivity (Wildman–Crippen MR) is 98.9 cm³/mol. The van der Waals surface area contributed by atoms with Crippen molar-refractivity contribution in [3.05, 3.63) is 12.2 Å². The number of rotatable bonds is 15. The summed E-state index contributed by atoms with van der Waals surface area (Å²) in [6.07, 6.45) is 23.2. The molecule has 4 N–H and O–H groups in total. The number of aliphatic hydroxyl groups is 1. The minimum Gasteiger partial charge on any atom is -0.402 e. The molecule has 0 aliphatic heterocycles. The zero-order valence-electron chi connectivity index (χ0n) is 15.1. The molecule has 0 aromatic heterocycles. The number of unbranched alkanes of at least 4 members (excludes halogenated alkanes) is 12. The van der Waals surface area contributed by atoms with Crippen molar-refractivity contribution in [3.63, 3.8) is 0 Å². The van der Waals surface area contributed by atoms with E-state index in [1.165, 1.54) is 83.5 Å². The molecule has 0 saturated carbocycles. The van der Waals surface area contributed by atoms with Crippen molar-refractivity contribution in [3.8, 4) is 0 Å². The summed E-state index contributed by atoms with van der Waals surface area (Å²) in [7, 11) is -2.17. The van der Waals surface area contributed by atoms with Gasteiger partial charge in [-0.15, -0.1) is 0 Å². The van der Waals surface area contributed by atoms with Gasteiger partial charge in [0.1, 0.15) is 0 Å². The Bertz CT molecular complexity index is 220. The van der Waals surface area contributed by atoms with Gasteiger partial charge in [-0.1, -0.05) is 76.9 Å². The van der Waals surface area contributed by atoms with Gasteiger partial charge in [-0.05, 0) is 32.1 Å². The summed E-state index contributed by atoms with van der Waals surface area (Å²) in [6, 6.07) is 0. The van der Waals surface area contributed by atoms with Crippen LogP contribution in [0, 0.1) is 0 Å². The van der Waals surface area contributed by atoms with E-state index in [4.69, 9.17) is 20.2 Å². The maximum atomic E-state index is 8.66. The molecule has 0 atom stereocenters. The summed E-state index contributed by atoms with van der Waals surface area (Å²) >= 11 is 0. The van der Waals surface area contributed by atoms with E-state index in [0.29, 0.717) is 6.61 Å². The molecule has 0 bridgehead atoms. The summed E-state index contributed by atoms with van der Waals surface area (Å²) < 4.78 is 0. The van der Waals surface area contributed by atoms with Gasteiger partial charge in [0.25, 0.3) is 0 Å². The van der Waals surface area contributed by atoms with Gasteiger partial charge in [-0.25, -0.2) is 0 Å². The highest BCUT2D eigenvalue weighted by Crippen LogP contribution is 2.09.